The SMILES string of the molecule is CCCCN1c2cc3c(cc2C(C)CC1(C)C)N=c1cc2c(cc1O3)=[N+](CCCC(=O)NCCN1CC=CC1=O)C(C)(C)CC2CS(=O)(=O)[O-].[Na+]. The maximum atomic E-state index is 12.7. The van der Waals surface area contributed by atoms with E-state index in [0.717, 1.165) is 42.4 Å². The Hall–Kier alpha value is -2.77. The number of ether oxygens (including phenoxy) is 1. The second kappa shape index (κ2) is 15.3. The Morgan fingerprint density at radius 3 is 2.53 bits per heavy atom. The van der Waals surface area contributed by atoms with E-state index >= 15 is 0 Å². The molecule has 13 heteroatoms. The number of hydrogen-bond donors (Lipinski definition) is 1. The Kier molecular flexibility index (Phi) is 11.8. The minimum atomic E-state index is -4.51. The molecule has 0 bridgehead atoms. The van der Waals surface area contributed by atoms with Crippen molar-refractivity contribution in [2.75, 3.05) is 43.4 Å². The first kappa shape index (κ1) is 39.4. The van der Waals surface area contributed by atoms with E-state index in [9.17, 15) is 22.6 Å². The van der Waals surface area contributed by atoms with Gasteiger partial charge in [0.2, 0.25) is 17.2 Å². The Labute approximate surface area is 324 Å². The Balaban J connectivity index is 0.00000504. The maximum Gasteiger partial charge on any atom is 1.00 e. The minimum absolute atomic E-state index is 0. The van der Waals surface area contributed by atoms with Crippen molar-refractivity contribution >= 4 is 33.3 Å². The van der Waals surface area contributed by atoms with Crippen molar-refractivity contribution < 1.29 is 56.9 Å². The zero-order valence-corrected chi connectivity index (χ0v) is 34.1. The summed E-state index contributed by atoms with van der Waals surface area (Å²) in [7, 11) is -4.51. The maximum absolute atomic E-state index is 12.7. The zero-order valence-electron chi connectivity index (χ0n) is 31.3. The summed E-state index contributed by atoms with van der Waals surface area (Å²) >= 11 is 0. The van der Waals surface area contributed by atoms with E-state index in [4.69, 9.17) is 9.73 Å². The first-order valence-electron chi connectivity index (χ1n) is 18.0. The van der Waals surface area contributed by atoms with Gasteiger partial charge in [-0.25, -0.2) is 18.0 Å². The summed E-state index contributed by atoms with van der Waals surface area (Å²) in [6, 6.07) is 8.11. The van der Waals surface area contributed by atoms with Crippen LogP contribution in [0.5, 0.6) is 11.5 Å². The van der Waals surface area contributed by atoms with Gasteiger partial charge in [-0.3, -0.25) is 9.59 Å². The number of fused-ring (bicyclic) bond motifs is 4. The molecule has 4 heterocycles. The first-order chi connectivity index (χ1) is 23.6. The molecule has 6 rings (SSSR count). The molecule has 0 saturated carbocycles. The standard InChI is InChI=1S/C38H51N5O6S.Na/c1-7-8-15-42-31-20-33-29(18-27(31)25(2)22-37(42,3)4)40-30-19-28-26(24-50(46,47)48)23-38(5,6)43(32(28)21-34(30)49-33)16-9-11-35(44)39-13-17-41-14-10-12-36(41)45;/h10,12,18-21,25-26H,7-9,11,13-17,22-24H2,1-6H3,(H-,39,44,46,47,48);/q;+1. The van der Waals surface area contributed by atoms with E-state index in [2.05, 4.69) is 54.6 Å². The van der Waals surface area contributed by atoms with Crippen LogP contribution < -0.4 is 59.8 Å². The number of rotatable bonds is 12. The topological polar surface area (TPSA) is 134 Å². The Morgan fingerprint density at radius 1 is 1.08 bits per heavy atom. The summed E-state index contributed by atoms with van der Waals surface area (Å²) in [6.07, 6.45) is 7.90. The van der Waals surface area contributed by atoms with Crippen LogP contribution in [0.3, 0.4) is 0 Å². The van der Waals surface area contributed by atoms with Gasteiger partial charge >= 0.3 is 29.6 Å². The van der Waals surface area contributed by atoms with Gasteiger partial charge in [0.15, 0.2) is 17.0 Å². The zero-order chi connectivity index (χ0) is 36.0. The second-order valence-corrected chi connectivity index (χ2v) is 17.1. The van der Waals surface area contributed by atoms with Crippen LogP contribution in [0.4, 0.5) is 11.4 Å². The summed E-state index contributed by atoms with van der Waals surface area (Å²) in [5.74, 6) is 0.472. The monoisotopic (exact) mass is 728 g/mol. The number of nitrogens with one attached hydrogen (secondary N) is 1. The van der Waals surface area contributed by atoms with Crippen LogP contribution in [0.2, 0.25) is 0 Å². The van der Waals surface area contributed by atoms with E-state index in [-0.39, 0.29) is 46.9 Å². The van der Waals surface area contributed by atoms with E-state index in [1.807, 2.05) is 32.1 Å². The molecule has 2 aromatic rings. The van der Waals surface area contributed by atoms with Crippen molar-refractivity contribution in [3.05, 3.63) is 58.3 Å². The summed E-state index contributed by atoms with van der Waals surface area (Å²) in [4.78, 5) is 33.8. The van der Waals surface area contributed by atoms with Gasteiger partial charge < -0.3 is 24.4 Å². The molecule has 2 aromatic carbocycles. The molecule has 0 aliphatic carbocycles. The summed E-state index contributed by atoms with van der Waals surface area (Å²) in [6.45, 7) is 16.1. The molecular weight excluding hydrogens is 678 g/mol. The van der Waals surface area contributed by atoms with E-state index in [1.165, 1.54) is 11.3 Å². The van der Waals surface area contributed by atoms with Crippen molar-refractivity contribution in [1.82, 2.24) is 14.8 Å². The van der Waals surface area contributed by atoms with Crippen LogP contribution in [0.25, 0.3) is 0 Å². The molecule has 2 amide bonds. The van der Waals surface area contributed by atoms with Crippen LogP contribution in [0.15, 0.2) is 41.4 Å². The normalized spacial score (nSPS) is 21.1. The summed E-state index contributed by atoms with van der Waals surface area (Å²) in [5.41, 5.74) is 3.44. The van der Waals surface area contributed by atoms with Gasteiger partial charge in [-0.05, 0) is 64.2 Å². The van der Waals surface area contributed by atoms with Gasteiger partial charge in [0.25, 0.3) is 0 Å². The Morgan fingerprint density at radius 2 is 1.84 bits per heavy atom. The van der Waals surface area contributed by atoms with Crippen molar-refractivity contribution in [2.45, 2.75) is 103 Å². The summed E-state index contributed by atoms with van der Waals surface area (Å²) < 4.78 is 45.2. The Bertz CT molecular complexity index is 1960. The van der Waals surface area contributed by atoms with Crippen LogP contribution >= 0.6 is 0 Å². The number of hydrogen-bond acceptors (Lipinski definition) is 8. The fourth-order valence-corrected chi connectivity index (χ4v) is 9.21. The van der Waals surface area contributed by atoms with Crippen LogP contribution in [-0.2, 0) is 19.7 Å². The number of amides is 2. The van der Waals surface area contributed by atoms with Crippen LogP contribution in [0.1, 0.15) is 103 Å². The number of unbranched alkanes of at least 4 members (excludes halogenated alkanes) is 1. The van der Waals surface area contributed by atoms with Crippen molar-refractivity contribution in [2.24, 2.45) is 4.99 Å². The van der Waals surface area contributed by atoms with Gasteiger partial charge in [0.05, 0.1) is 16.2 Å². The average molecular weight is 729 g/mol. The molecule has 51 heavy (non-hydrogen) atoms. The predicted octanol–water partition coefficient (Wildman–Crippen LogP) is 1.24. The third-order valence-electron chi connectivity index (χ3n) is 10.8. The molecule has 0 aromatic heterocycles. The van der Waals surface area contributed by atoms with Gasteiger partial charge in [-0.2, -0.15) is 0 Å². The molecule has 0 spiro atoms. The molecule has 2 atom stereocenters. The van der Waals surface area contributed by atoms with Gasteiger partial charge in [0, 0.05) is 86.0 Å². The third-order valence-corrected chi connectivity index (χ3v) is 11.6. The second-order valence-electron chi connectivity index (χ2n) is 15.6. The minimum Gasteiger partial charge on any atom is -0.748 e. The number of carbonyl (C=O) groups excluding carboxylic acids is 2. The quantitative estimate of drug-likeness (QED) is 0.169. The van der Waals surface area contributed by atoms with Crippen LogP contribution in [-0.4, -0.2) is 79.2 Å². The van der Waals surface area contributed by atoms with Crippen LogP contribution in [0, 0.1) is 0 Å². The average Bonchev–Trinajstić information content (AvgIpc) is 3.43. The third kappa shape index (κ3) is 8.56. The number of carbonyl (C=O) groups is 2. The molecule has 1 N–H and O–H groups in total. The fourth-order valence-electron chi connectivity index (χ4n) is 8.42. The van der Waals surface area contributed by atoms with Crippen molar-refractivity contribution in [1.29, 1.82) is 0 Å². The fraction of sp³-hybridized carbons (Fsp3) is 0.579. The molecule has 0 saturated heterocycles. The van der Waals surface area contributed by atoms with E-state index < -0.39 is 27.3 Å². The molecule has 0 radical (unpaired) electrons. The van der Waals surface area contributed by atoms with E-state index in [0.29, 0.717) is 68.2 Å². The largest absolute Gasteiger partial charge is 1.00 e. The predicted molar refractivity (Wildman–Crippen MR) is 193 cm³/mol. The smallest absolute Gasteiger partial charge is 0.748 e. The molecule has 0 fully saturated rings. The van der Waals surface area contributed by atoms with Gasteiger partial charge in [-0.1, -0.05) is 26.3 Å². The van der Waals surface area contributed by atoms with E-state index in [1.54, 1.807) is 11.0 Å². The van der Waals surface area contributed by atoms with Crippen molar-refractivity contribution in [3.8, 4) is 11.5 Å². The van der Waals surface area contributed by atoms with Crippen molar-refractivity contribution in [3.63, 3.8) is 0 Å². The first-order valence-corrected chi connectivity index (χ1v) is 19.6. The molecule has 11 nitrogen and oxygen atoms in total. The molecule has 2 unspecified atom stereocenters. The molecule has 4 aliphatic heterocycles. The molecule has 270 valence electrons. The molecule has 4 aliphatic rings. The van der Waals surface area contributed by atoms with Gasteiger partial charge in [0.1, 0.15) is 17.6 Å². The number of anilines is 1. The van der Waals surface area contributed by atoms with Gasteiger partial charge in [-0.15, -0.1) is 0 Å². The number of nitrogens with zero attached hydrogens (tertiary/aromatic N) is 4. The number of benzene rings is 2. The molecular formula is C38H51N5NaO6S+. The summed E-state index contributed by atoms with van der Waals surface area (Å²) in [5, 5.41) is 4.33.